The first-order valence-electron chi connectivity index (χ1n) is 5.58. The molecule has 1 aromatic carbocycles. The normalized spacial score (nSPS) is 10.6. The molecule has 0 atom stereocenters. The van der Waals surface area contributed by atoms with E-state index in [9.17, 15) is 4.79 Å². The topological polar surface area (TPSA) is 42.9 Å². The minimum Gasteiger partial charge on any atom is -0.293 e. The van der Waals surface area contributed by atoms with E-state index in [0.29, 0.717) is 5.75 Å². The van der Waals surface area contributed by atoms with Crippen LogP contribution in [0.15, 0.2) is 22.0 Å². The number of benzene rings is 1. The molecule has 0 aliphatic heterocycles. The summed E-state index contributed by atoms with van der Waals surface area (Å²) in [5.41, 5.74) is 5.91. The molecule has 0 bridgehead atoms. The van der Waals surface area contributed by atoms with Crippen molar-refractivity contribution in [2.45, 2.75) is 25.1 Å². The van der Waals surface area contributed by atoms with Gasteiger partial charge in [0.2, 0.25) is 0 Å². The summed E-state index contributed by atoms with van der Waals surface area (Å²) in [5, 5.41) is 7.67. The van der Waals surface area contributed by atoms with Gasteiger partial charge in [-0.05, 0) is 43.5 Å². The van der Waals surface area contributed by atoms with Crippen LogP contribution in [0.1, 0.15) is 27.0 Å². The fourth-order valence-corrected chi connectivity index (χ4v) is 3.06. The SMILES string of the molecule is Cc1cc(C)c(C(=O)CSc2nncs2)cc1C. The summed E-state index contributed by atoms with van der Waals surface area (Å²) in [4.78, 5) is 12.2. The van der Waals surface area contributed by atoms with E-state index >= 15 is 0 Å². The highest BCUT2D eigenvalue weighted by Gasteiger charge is 2.12. The van der Waals surface area contributed by atoms with Gasteiger partial charge >= 0.3 is 0 Å². The monoisotopic (exact) mass is 278 g/mol. The Morgan fingerprint density at radius 2 is 1.94 bits per heavy atom. The second-order valence-electron chi connectivity index (χ2n) is 4.17. The van der Waals surface area contributed by atoms with E-state index in [4.69, 9.17) is 0 Å². The largest absolute Gasteiger partial charge is 0.293 e. The van der Waals surface area contributed by atoms with Crippen molar-refractivity contribution in [1.29, 1.82) is 0 Å². The second-order valence-corrected chi connectivity index (χ2v) is 6.22. The first-order valence-corrected chi connectivity index (χ1v) is 7.44. The zero-order chi connectivity index (χ0) is 13.1. The molecule has 18 heavy (non-hydrogen) atoms. The molecule has 2 aromatic rings. The molecule has 0 aliphatic rings. The number of ketones is 1. The van der Waals surface area contributed by atoms with E-state index in [1.807, 2.05) is 19.9 Å². The van der Waals surface area contributed by atoms with Crippen LogP contribution in [0.4, 0.5) is 0 Å². The van der Waals surface area contributed by atoms with Crippen LogP contribution in [-0.4, -0.2) is 21.7 Å². The first kappa shape index (κ1) is 13.2. The average molecular weight is 278 g/mol. The average Bonchev–Trinajstić information content (AvgIpc) is 2.84. The van der Waals surface area contributed by atoms with Crippen molar-refractivity contribution in [2.24, 2.45) is 0 Å². The van der Waals surface area contributed by atoms with Crippen LogP contribution >= 0.6 is 23.1 Å². The summed E-state index contributed by atoms with van der Waals surface area (Å²) in [6, 6.07) is 4.05. The van der Waals surface area contributed by atoms with E-state index in [2.05, 4.69) is 23.2 Å². The van der Waals surface area contributed by atoms with Gasteiger partial charge in [0.25, 0.3) is 0 Å². The van der Waals surface area contributed by atoms with Crippen molar-refractivity contribution < 1.29 is 4.79 Å². The lowest BCUT2D eigenvalue weighted by molar-refractivity contribution is 0.102. The molecule has 0 spiro atoms. The Labute approximate surface area is 115 Å². The zero-order valence-electron chi connectivity index (χ0n) is 10.6. The molecule has 0 aliphatic carbocycles. The van der Waals surface area contributed by atoms with Gasteiger partial charge in [0.05, 0.1) is 5.75 Å². The number of carbonyl (C=O) groups excluding carboxylic acids is 1. The molecule has 5 heteroatoms. The van der Waals surface area contributed by atoms with Gasteiger partial charge in [0.15, 0.2) is 10.1 Å². The predicted octanol–water partition coefficient (Wildman–Crippen LogP) is 3.44. The van der Waals surface area contributed by atoms with Crippen LogP contribution < -0.4 is 0 Å². The van der Waals surface area contributed by atoms with Crippen LogP contribution in [0.25, 0.3) is 0 Å². The first-order chi connectivity index (χ1) is 8.58. The van der Waals surface area contributed by atoms with Gasteiger partial charge in [-0.3, -0.25) is 4.79 Å². The van der Waals surface area contributed by atoms with Gasteiger partial charge in [-0.1, -0.05) is 29.2 Å². The summed E-state index contributed by atoms with van der Waals surface area (Å²) in [6.07, 6.45) is 0. The number of hydrogen-bond acceptors (Lipinski definition) is 5. The quantitative estimate of drug-likeness (QED) is 0.634. The maximum atomic E-state index is 12.2. The lowest BCUT2D eigenvalue weighted by Crippen LogP contribution is -2.06. The van der Waals surface area contributed by atoms with E-state index in [0.717, 1.165) is 21.0 Å². The Hall–Kier alpha value is -1.20. The summed E-state index contributed by atoms with van der Waals surface area (Å²) in [5.74, 6) is 0.564. The highest BCUT2D eigenvalue weighted by Crippen LogP contribution is 2.22. The molecular weight excluding hydrogens is 264 g/mol. The molecule has 0 fully saturated rings. The molecule has 3 nitrogen and oxygen atoms in total. The highest BCUT2D eigenvalue weighted by molar-refractivity contribution is 8.01. The minimum atomic E-state index is 0.149. The number of thioether (sulfide) groups is 1. The van der Waals surface area contributed by atoms with Gasteiger partial charge in [0.1, 0.15) is 5.51 Å². The van der Waals surface area contributed by atoms with E-state index in [1.54, 1.807) is 5.51 Å². The zero-order valence-corrected chi connectivity index (χ0v) is 12.2. The lowest BCUT2D eigenvalue weighted by Gasteiger charge is -2.08. The Morgan fingerprint density at radius 1 is 1.22 bits per heavy atom. The Bertz CT molecular complexity index is 565. The Kier molecular flexibility index (Phi) is 4.14. The van der Waals surface area contributed by atoms with Crippen molar-refractivity contribution in [3.63, 3.8) is 0 Å². The van der Waals surface area contributed by atoms with Gasteiger partial charge in [-0.2, -0.15) is 0 Å². The molecule has 0 saturated carbocycles. The molecule has 0 radical (unpaired) electrons. The maximum Gasteiger partial charge on any atom is 0.174 e. The van der Waals surface area contributed by atoms with Crippen molar-refractivity contribution >= 4 is 28.9 Å². The van der Waals surface area contributed by atoms with E-state index in [-0.39, 0.29) is 5.78 Å². The number of nitrogens with zero attached hydrogens (tertiary/aromatic N) is 2. The Morgan fingerprint density at radius 3 is 2.61 bits per heavy atom. The number of rotatable bonds is 4. The summed E-state index contributed by atoms with van der Waals surface area (Å²) < 4.78 is 0.838. The third-order valence-electron chi connectivity index (χ3n) is 2.81. The molecule has 0 N–H and O–H groups in total. The lowest BCUT2D eigenvalue weighted by atomic mass is 9.99. The molecule has 0 unspecified atom stereocenters. The molecule has 1 heterocycles. The van der Waals surface area contributed by atoms with Crippen LogP contribution in [0.2, 0.25) is 0 Å². The summed E-state index contributed by atoms with van der Waals surface area (Å²) in [6.45, 7) is 6.07. The molecular formula is C13H14N2OS2. The standard InChI is InChI=1S/C13H14N2OS2/c1-8-4-10(3)11(5-9(8)2)12(16)6-17-13-15-14-7-18-13/h4-5,7H,6H2,1-3H3. The maximum absolute atomic E-state index is 12.2. The van der Waals surface area contributed by atoms with Crippen LogP contribution in [0.5, 0.6) is 0 Å². The highest BCUT2D eigenvalue weighted by atomic mass is 32.2. The number of carbonyl (C=O) groups is 1. The number of hydrogen-bond donors (Lipinski definition) is 0. The third kappa shape index (κ3) is 2.97. The van der Waals surface area contributed by atoms with Crippen molar-refractivity contribution in [3.8, 4) is 0 Å². The number of Topliss-reactive ketones (excluding diaryl/α,β-unsaturated/α-hetero) is 1. The fourth-order valence-electron chi connectivity index (χ4n) is 1.69. The van der Waals surface area contributed by atoms with Gasteiger partial charge in [-0.25, -0.2) is 0 Å². The van der Waals surface area contributed by atoms with Gasteiger partial charge in [0, 0.05) is 5.56 Å². The van der Waals surface area contributed by atoms with E-state index < -0.39 is 0 Å². The molecule has 0 amide bonds. The predicted molar refractivity (Wildman–Crippen MR) is 75.6 cm³/mol. The van der Waals surface area contributed by atoms with E-state index in [1.165, 1.54) is 28.7 Å². The second kappa shape index (κ2) is 5.63. The van der Waals surface area contributed by atoms with Crippen LogP contribution in [0, 0.1) is 20.8 Å². The fraction of sp³-hybridized carbons (Fsp3) is 0.308. The molecule has 94 valence electrons. The molecule has 0 saturated heterocycles. The van der Waals surface area contributed by atoms with Gasteiger partial charge in [-0.15, -0.1) is 10.2 Å². The van der Waals surface area contributed by atoms with Crippen molar-refractivity contribution in [3.05, 3.63) is 39.9 Å². The number of aromatic nitrogens is 2. The van der Waals surface area contributed by atoms with Crippen molar-refractivity contribution in [1.82, 2.24) is 10.2 Å². The summed E-state index contributed by atoms with van der Waals surface area (Å²) >= 11 is 2.90. The smallest absolute Gasteiger partial charge is 0.174 e. The molecule has 1 aromatic heterocycles. The third-order valence-corrected chi connectivity index (χ3v) is 4.67. The minimum absolute atomic E-state index is 0.149. The van der Waals surface area contributed by atoms with Crippen molar-refractivity contribution in [2.75, 3.05) is 5.75 Å². The van der Waals surface area contributed by atoms with Gasteiger partial charge < -0.3 is 0 Å². The van der Waals surface area contributed by atoms with Crippen LogP contribution in [-0.2, 0) is 0 Å². The number of aryl methyl sites for hydroxylation is 3. The van der Waals surface area contributed by atoms with Crippen LogP contribution in [0.3, 0.4) is 0 Å². The Balaban J connectivity index is 2.11. The molecule has 2 rings (SSSR count). The summed E-state index contributed by atoms with van der Waals surface area (Å²) in [7, 11) is 0.